The molecule has 2 rings (SSSR count). The maximum Gasteiger partial charge on any atom is 0.304 e. The molecule has 1 aromatic carbocycles. The van der Waals surface area contributed by atoms with Crippen LogP contribution in [0.3, 0.4) is 0 Å². The van der Waals surface area contributed by atoms with Crippen molar-refractivity contribution in [1.82, 2.24) is 0 Å². The summed E-state index contributed by atoms with van der Waals surface area (Å²) in [6.45, 7) is 3.09. The van der Waals surface area contributed by atoms with Crippen LogP contribution < -0.4 is 0 Å². The number of aryl methyl sites for hydroxylation is 1. The number of esters is 1. The van der Waals surface area contributed by atoms with Crippen molar-refractivity contribution < 1.29 is 26.9 Å². The lowest BCUT2D eigenvalue weighted by Crippen LogP contribution is -2.22. The van der Waals surface area contributed by atoms with Crippen molar-refractivity contribution in [3.05, 3.63) is 29.8 Å². The van der Waals surface area contributed by atoms with Crippen LogP contribution in [0.2, 0.25) is 0 Å². The van der Waals surface area contributed by atoms with E-state index in [2.05, 4.69) is 0 Å². The molecule has 1 heterocycles. The fourth-order valence-corrected chi connectivity index (χ4v) is 2.94. The molecule has 2 atom stereocenters. The van der Waals surface area contributed by atoms with Crippen LogP contribution in [0.1, 0.15) is 25.3 Å². The van der Waals surface area contributed by atoms with Crippen molar-refractivity contribution in [3.8, 4) is 0 Å². The van der Waals surface area contributed by atoms with Crippen LogP contribution in [0.4, 0.5) is 0 Å². The molecule has 1 aromatic rings. The van der Waals surface area contributed by atoms with Crippen LogP contribution in [-0.4, -0.2) is 33.4 Å². The van der Waals surface area contributed by atoms with Gasteiger partial charge in [-0.3, -0.25) is 8.98 Å². The highest BCUT2D eigenvalue weighted by Gasteiger charge is 2.29. The van der Waals surface area contributed by atoms with Crippen molar-refractivity contribution in [3.63, 3.8) is 0 Å². The number of carbonyl (C=O) groups is 1. The van der Waals surface area contributed by atoms with Gasteiger partial charge in [0.05, 0.1) is 17.6 Å². The van der Waals surface area contributed by atoms with Crippen LogP contribution in [0.15, 0.2) is 29.2 Å². The lowest BCUT2D eigenvalue weighted by atomic mass is 10.2. The van der Waals surface area contributed by atoms with Gasteiger partial charge in [-0.05, 0) is 25.5 Å². The standard InChI is InChI=1S/C14H18O6S/c1-10-3-6-13(7-4-10)21(16,17)18-9-12-5-8-14(20-12)19-11(2)15/h3-4,6-7,12,14H,5,8-9H2,1-2H3. The lowest BCUT2D eigenvalue weighted by molar-refractivity contribution is -0.174. The summed E-state index contributed by atoms with van der Waals surface area (Å²) in [7, 11) is -3.79. The SMILES string of the molecule is CC(=O)OC1CCC(COS(=O)(=O)c2ccc(C)cc2)O1. The summed E-state index contributed by atoms with van der Waals surface area (Å²) in [6.07, 6.45) is 0.118. The van der Waals surface area contributed by atoms with Crippen LogP contribution in [0.25, 0.3) is 0 Å². The molecule has 0 N–H and O–H groups in total. The Labute approximate surface area is 124 Å². The third kappa shape index (κ3) is 4.52. The smallest absolute Gasteiger partial charge is 0.304 e. The van der Waals surface area contributed by atoms with Crippen LogP contribution >= 0.6 is 0 Å². The zero-order valence-corrected chi connectivity index (χ0v) is 12.8. The molecule has 7 heteroatoms. The molecule has 0 spiro atoms. The molecule has 1 saturated heterocycles. The number of ether oxygens (including phenoxy) is 2. The van der Waals surface area contributed by atoms with E-state index in [0.717, 1.165) is 5.56 Å². The Kier molecular flexibility index (Phi) is 4.97. The van der Waals surface area contributed by atoms with Gasteiger partial charge in [-0.15, -0.1) is 0 Å². The summed E-state index contributed by atoms with van der Waals surface area (Å²) in [4.78, 5) is 10.9. The first-order valence-electron chi connectivity index (χ1n) is 6.65. The van der Waals surface area contributed by atoms with Gasteiger partial charge < -0.3 is 9.47 Å². The fourth-order valence-electron chi connectivity index (χ4n) is 2.01. The van der Waals surface area contributed by atoms with E-state index in [1.807, 2.05) is 6.92 Å². The summed E-state index contributed by atoms with van der Waals surface area (Å²) in [5, 5.41) is 0. The summed E-state index contributed by atoms with van der Waals surface area (Å²) in [5.41, 5.74) is 0.970. The zero-order chi connectivity index (χ0) is 15.5. The Morgan fingerprint density at radius 2 is 1.95 bits per heavy atom. The summed E-state index contributed by atoms with van der Waals surface area (Å²) in [5.74, 6) is -0.422. The Morgan fingerprint density at radius 1 is 1.29 bits per heavy atom. The minimum atomic E-state index is -3.79. The maximum absolute atomic E-state index is 12.0. The first-order chi connectivity index (χ1) is 9.87. The second kappa shape index (κ2) is 6.55. The lowest BCUT2D eigenvalue weighted by Gasteiger charge is -2.13. The predicted octanol–water partition coefficient (Wildman–Crippen LogP) is 1.77. The first kappa shape index (κ1) is 15.9. The Bertz CT molecular complexity index is 592. The molecule has 1 aliphatic rings. The van der Waals surface area contributed by atoms with Gasteiger partial charge in [0.15, 0.2) is 0 Å². The van der Waals surface area contributed by atoms with E-state index in [1.165, 1.54) is 19.1 Å². The van der Waals surface area contributed by atoms with E-state index in [1.54, 1.807) is 12.1 Å². The molecule has 2 unspecified atom stereocenters. The monoisotopic (exact) mass is 314 g/mol. The number of hydrogen-bond donors (Lipinski definition) is 0. The Hall–Kier alpha value is -1.44. The largest absolute Gasteiger partial charge is 0.436 e. The van der Waals surface area contributed by atoms with E-state index in [9.17, 15) is 13.2 Å². The minimum absolute atomic E-state index is 0.0893. The Balaban J connectivity index is 1.88. The summed E-state index contributed by atoms with van der Waals surface area (Å²) in [6, 6.07) is 6.42. The average Bonchev–Trinajstić information content (AvgIpc) is 2.84. The fraction of sp³-hybridized carbons (Fsp3) is 0.500. The molecule has 0 aliphatic carbocycles. The number of carbonyl (C=O) groups excluding carboxylic acids is 1. The molecule has 0 amide bonds. The van der Waals surface area contributed by atoms with E-state index < -0.39 is 28.5 Å². The van der Waals surface area contributed by atoms with Crippen LogP contribution in [-0.2, 0) is 28.6 Å². The van der Waals surface area contributed by atoms with E-state index in [4.69, 9.17) is 13.7 Å². The molecule has 0 bridgehead atoms. The van der Waals surface area contributed by atoms with Crippen molar-refractivity contribution in [1.29, 1.82) is 0 Å². The van der Waals surface area contributed by atoms with E-state index >= 15 is 0 Å². The van der Waals surface area contributed by atoms with E-state index in [-0.39, 0.29) is 11.5 Å². The summed E-state index contributed by atoms with van der Waals surface area (Å²) >= 11 is 0. The van der Waals surface area contributed by atoms with Gasteiger partial charge in [-0.1, -0.05) is 17.7 Å². The molecular formula is C14H18O6S. The third-order valence-corrected chi connectivity index (χ3v) is 4.38. The van der Waals surface area contributed by atoms with Gasteiger partial charge in [0, 0.05) is 13.3 Å². The van der Waals surface area contributed by atoms with Crippen molar-refractivity contribution >= 4 is 16.1 Å². The van der Waals surface area contributed by atoms with Gasteiger partial charge in [-0.25, -0.2) is 0 Å². The second-order valence-electron chi connectivity index (χ2n) is 4.93. The molecule has 1 aliphatic heterocycles. The average molecular weight is 314 g/mol. The molecule has 0 aromatic heterocycles. The maximum atomic E-state index is 12.0. The van der Waals surface area contributed by atoms with Gasteiger partial charge >= 0.3 is 5.97 Å². The third-order valence-electron chi connectivity index (χ3n) is 3.08. The molecule has 116 valence electrons. The second-order valence-corrected chi connectivity index (χ2v) is 6.54. The van der Waals surface area contributed by atoms with Gasteiger partial charge in [0.1, 0.15) is 0 Å². The highest BCUT2D eigenvalue weighted by atomic mass is 32.2. The first-order valence-corrected chi connectivity index (χ1v) is 8.06. The molecule has 21 heavy (non-hydrogen) atoms. The zero-order valence-electron chi connectivity index (χ0n) is 11.9. The predicted molar refractivity (Wildman–Crippen MR) is 74.0 cm³/mol. The quantitative estimate of drug-likeness (QED) is 0.609. The minimum Gasteiger partial charge on any atom is -0.436 e. The van der Waals surface area contributed by atoms with E-state index in [0.29, 0.717) is 12.8 Å². The molecule has 6 nitrogen and oxygen atoms in total. The van der Waals surface area contributed by atoms with Crippen LogP contribution in [0.5, 0.6) is 0 Å². The normalized spacial score (nSPS) is 22.2. The number of rotatable bonds is 5. The molecular weight excluding hydrogens is 296 g/mol. The van der Waals surface area contributed by atoms with Gasteiger partial charge in [0.2, 0.25) is 6.29 Å². The topological polar surface area (TPSA) is 78.9 Å². The highest BCUT2D eigenvalue weighted by molar-refractivity contribution is 7.86. The van der Waals surface area contributed by atoms with Crippen molar-refractivity contribution in [2.24, 2.45) is 0 Å². The van der Waals surface area contributed by atoms with Gasteiger partial charge in [0.25, 0.3) is 10.1 Å². The van der Waals surface area contributed by atoms with Gasteiger partial charge in [-0.2, -0.15) is 8.42 Å². The van der Waals surface area contributed by atoms with Crippen LogP contribution in [0, 0.1) is 6.92 Å². The molecule has 1 fully saturated rings. The molecule has 0 radical (unpaired) electrons. The van der Waals surface area contributed by atoms with Crippen molar-refractivity contribution in [2.45, 2.75) is 44.0 Å². The number of benzene rings is 1. The highest BCUT2D eigenvalue weighted by Crippen LogP contribution is 2.22. The Morgan fingerprint density at radius 3 is 2.57 bits per heavy atom. The summed E-state index contributed by atoms with van der Waals surface area (Å²) < 4.78 is 39.3. The molecule has 0 saturated carbocycles. The number of hydrogen-bond acceptors (Lipinski definition) is 6. The van der Waals surface area contributed by atoms with Crippen molar-refractivity contribution in [2.75, 3.05) is 6.61 Å².